The molecule has 3 aromatic rings. The molecule has 0 bridgehead atoms. The van der Waals surface area contributed by atoms with Crippen molar-refractivity contribution < 1.29 is 4.79 Å². The molecule has 1 aromatic heterocycles. The molecule has 1 aliphatic heterocycles. The van der Waals surface area contributed by atoms with Crippen molar-refractivity contribution in [3.63, 3.8) is 0 Å². The lowest BCUT2D eigenvalue weighted by atomic mass is 10.2. The molecular formula is C20H19ClN4OS2. The zero-order valence-electron chi connectivity index (χ0n) is 15.3. The number of para-hydroxylation sites is 1. The summed E-state index contributed by atoms with van der Waals surface area (Å²) in [5.74, 6) is 0.375. The van der Waals surface area contributed by atoms with Gasteiger partial charge in [0, 0.05) is 21.7 Å². The molecule has 0 N–H and O–H groups in total. The third-order valence-electron chi connectivity index (χ3n) is 4.47. The average molecular weight is 431 g/mol. The first-order chi connectivity index (χ1) is 13.6. The summed E-state index contributed by atoms with van der Waals surface area (Å²) in [6, 6.07) is 15.6. The molecule has 2 aromatic carbocycles. The summed E-state index contributed by atoms with van der Waals surface area (Å²) in [6.07, 6.45) is 2.60. The van der Waals surface area contributed by atoms with Crippen LogP contribution in [0.1, 0.15) is 13.3 Å². The molecule has 5 nitrogen and oxygen atoms in total. The van der Waals surface area contributed by atoms with E-state index in [-0.39, 0.29) is 5.91 Å². The second-order valence-corrected chi connectivity index (χ2v) is 9.34. The van der Waals surface area contributed by atoms with Crippen molar-refractivity contribution in [2.75, 3.05) is 17.2 Å². The number of thioether (sulfide) groups is 2. The van der Waals surface area contributed by atoms with Gasteiger partial charge in [-0.15, -0.1) is 22.0 Å². The Bertz CT molecular complexity index is 994. The first-order valence-corrected chi connectivity index (χ1v) is 11.2. The summed E-state index contributed by atoms with van der Waals surface area (Å²) in [5.41, 5.74) is 1.87. The van der Waals surface area contributed by atoms with Gasteiger partial charge in [-0.1, -0.05) is 48.5 Å². The van der Waals surface area contributed by atoms with Gasteiger partial charge in [-0.2, -0.15) is 0 Å². The lowest BCUT2D eigenvalue weighted by Crippen LogP contribution is -2.33. The van der Waals surface area contributed by atoms with Crippen molar-refractivity contribution in [1.29, 1.82) is 0 Å². The number of benzene rings is 2. The van der Waals surface area contributed by atoms with Gasteiger partial charge in [0.1, 0.15) is 6.33 Å². The molecule has 28 heavy (non-hydrogen) atoms. The molecule has 0 radical (unpaired) electrons. The number of aromatic nitrogens is 3. The molecule has 4 rings (SSSR count). The Labute approximate surface area is 177 Å². The zero-order valence-corrected chi connectivity index (χ0v) is 17.7. The summed E-state index contributed by atoms with van der Waals surface area (Å²) in [6.45, 7) is 2.93. The molecule has 0 spiro atoms. The Morgan fingerprint density at radius 3 is 3.00 bits per heavy atom. The van der Waals surface area contributed by atoms with Gasteiger partial charge in [0.05, 0.1) is 17.1 Å². The summed E-state index contributed by atoms with van der Waals surface area (Å²) in [5, 5.41) is 9.97. The molecule has 144 valence electrons. The van der Waals surface area contributed by atoms with E-state index < -0.39 is 0 Å². The Morgan fingerprint density at radius 2 is 2.14 bits per heavy atom. The Balaban J connectivity index is 1.51. The minimum absolute atomic E-state index is 0.0767. The van der Waals surface area contributed by atoms with Crippen LogP contribution in [0.4, 0.5) is 5.69 Å². The van der Waals surface area contributed by atoms with Crippen LogP contribution in [0.5, 0.6) is 0 Å². The SMILES string of the molecule is C[C@@H]1CCN(C(=O)CSc2nncn2-c2cccc(Cl)c2)c2ccccc2S1. The molecule has 1 amide bonds. The highest BCUT2D eigenvalue weighted by atomic mass is 35.5. The van der Waals surface area contributed by atoms with Crippen LogP contribution in [-0.4, -0.2) is 38.2 Å². The van der Waals surface area contributed by atoms with E-state index >= 15 is 0 Å². The third-order valence-corrected chi connectivity index (χ3v) is 6.87. The lowest BCUT2D eigenvalue weighted by molar-refractivity contribution is -0.116. The number of carbonyl (C=O) groups excluding carboxylic acids is 1. The Kier molecular flexibility index (Phi) is 5.94. The van der Waals surface area contributed by atoms with Gasteiger partial charge in [0.15, 0.2) is 5.16 Å². The van der Waals surface area contributed by atoms with Gasteiger partial charge in [-0.25, -0.2) is 0 Å². The van der Waals surface area contributed by atoms with E-state index in [1.54, 1.807) is 6.33 Å². The largest absolute Gasteiger partial charge is 0.311 e. The molecule has 0 unspecified atom stereocenters. The first-order valence-electron chi connectivity index (χ1n) is 8.96. The number of carbonyl (C=O) groups is 1. The van der Waals surface area contributed by atoms with Crippen LogP contribution in [0.2, 0.25) is 5.02 Å². The molecule has 2 heterocycles. The highest BCUT2D eigenvalue weighted by Gasteiger charge is 2.24. The summed E-state index contributed by atoms with van der Waals surface area (Å²) < 4.78 is 1.85. The van der Waals surface area contributed by atoms with Crippen molar-refractivity contribution in [1.82, 2.24) is 14.8 Å². The second kappa shape index (κ2) is 8.59. The molecule has 0 fully saturated rings. The van der Waals surface area contributed by atoms with Crippen LogP contribution in [0, 0.1) is 0 Å². The monoisotopic (exact) mass is 430 g/mol. The fraction of sp³-hybridized carbons (Fsp3) is 0.250. The van der Waals surface area contributed by atoms with E-state index in [4.69, 9.17) is 11.6 Å². The lowest BCUT2D eigenvalue weighted by Gasteiger charge is -2.22. The predicted molar refractivity (Wildman–Crippen MR) is 116 cm³/mol. The minimum atomic E-state index is 0.0767. The zero-order chi connectivity index (χ0) is 19.5. The number of amides is 1. The van der Waals surface area contributed by atoms with Crippen molar-refractivity contribution >= 4 is 46.7 Å². The van der Waals surface area contributed by atoms with Gasteiger partial charge >= 0.3 is 0 Å². The van der Waals surface area contributed by atoms with Crippen molar-refractivity contribution in [2.45, 2.75) is 28.6 Å². The van der Waals surface area contributed by atoms with Crippen LogP contribution in [0.3, 0.4) is 0 Å². The van der Waals surface area contributed by atoms with Gasteiger partial charge < -0.3 is 4.90 Å². The number of fused-ring (bicyclic) bond motifs is 1. The van der Waals surface area contributed by atoms with Crippen LogP contribution in [0.15, 0.2) is 64.9 Å². The van der Waals surface area contributed by atoms with E-state index in [0.717, 1.165) is 29.2 Å². The van der Waals surface area contributed by atoms with Gasteiger partial charge in [-0.3, -0.25) is 9.36 Å². The van der Waals surface area contributed by atoms with Crippen molar-refractivity contribution in [3.8, 4) is 5.69 Å². The van der Waals surface area contributed by atoms with E-state index in [1.807, 2.05) is 63.7 Å². The maximum Gasteiger partial charge on any atom is 0.237 e. The van der Waals surface area contributed by atoms with E-state index in [2.05, 4.69) is 23.2 Å². The number of rotatable bonds is 4. The molecule has 0 saturated carbocycles. The fourth-order valence-electron chi connectivity index (χ4n) is 3.08. The van der Waals surface area contributed by atoms with E-state index in [9.17, 15) is 4.79 Å². The van der Waals surface area contributed by atoms with Gasteiger partial charge in [0.25, 0.3) is 0 Å². The highest BCUT2D eigenvalue weighted by molar-refractivity contribution is 8.00. The Morgan fingerprint density at radius 1 is 1.29 bits per heavy atom. The third kappa shape index (κ3) is 4.21. The number of hydrogen-bond acceptors (Lipinski definition) is 5. The summed E-state index contributed by atoms with van der Waals surface area (Å²) in [7, 11) is 0. The predicted octanol–water partition coefficient (Wildman–Crippen LogP) is 4.93. The average Bonchev–Trinajstić information content (AvgIpc) is 3.09. The standard InChI is InChI=1S/C20H19ClN4OS2/c1-14-9-10-24(17-7-2-3-8-18(17)28-14)19(26)12-27-20-23-22-13-25(20)16-6-4-5-15(21)11-16/h2-8,11,13-14H,9-10,12H2,1H3/t14-/m1/s1. The maximum absolute atomic E-state index is 13.0. The number of hydrogen-bond donors (Lipinski definition) is 0. The van der Waals surface area contributed by atoms with Crippen molar-refractivity contribution in [3.05, 3.63) is 59.9 Å². The second-order valence-electron chi connectivity index (χ2n) is 6.48. The summed E-state index contributed by atoms with van der Waals surface area (Å²) in [4.78, 5) is 16.1. The highest BCUT2D eigenvalue weighted by Crippen LogP contribution is 2.37. The first kappa shape index (κ1) is 19.4. The smallest absolute Gasteiger partial charge is 0.237 e. The topological polar surface area (TPSA) is 51.0 Å². The fourth-order valence-corrected chi connectivity index (χ4v) is 5.18. The van der Waals surface area contributed by atoms with E-state index in [0.29, 0.717) is 21.2 Å². The van der Waals surface area contributed by atoms with Gasteiger partial charge in [-0.05, 0) is 36.8 Å². The number of nitrogens with zero attached hydrogens (tertiary/aromatic N) is 4. The molecule has 0 saturated heterocycles. The molecular weight excluding hydrogens is 412 g/mol. The molecule has 8 heteroatoms. The molecule has 1 atom stereocenters. The van der Waals surface area contributed by atoms with Gasteiger partial charge in [0.2, 0.25) is 5.91 Å². The Hall–Kier alpha value is -1.96. The van der Waals surface area contributed by atoms with Crippen molar-refractivity contribution in [2.24, 2.45) is 0 Å². The van der Waals surface area contributed by atoms with Crippen LogP contribution < -0.4 is 4.90 Å². The van der Waals surface area contributed by atoms with Crippen LogP contribution >= 0.6 is 35.1 Å². The normalized spacial score (nSPS) is 16.5. The van der Waals surface area contributed by atoms with Crippen LogP contribution in [0.25, 0.3) is 5.69 Å². The maximum atomic E-state index is 13.0. The quantitative estimate of drug-likeness (QED) is 0.549. The molecule has 0 aliphatic carbocycles. The number of halogens is 1. The molecule has 1 aliphatic rings. The summed E-state index contributed by atoms with van der Waals surface area (Å²) >= 11 is 9.31. The van der Waals surface area contributed by atoms with E-state index in [1.165, 1.54) is 11.8 Å². The van der Waals surface area contributed by atoms with Crippen LogP contribution in [-0.2, 0) is 4.79 Å². The number of anilines is 1. The minimum Gasteiger partial charge on any atom is -0.311 e.